The van der Waals surface area contributed by atoms with Crippen molar-refractivity contribution >= 4 is 11.7 Å². The maximum absolute atomic E-state index is 10.8. The molecule has 2 N–H and O–H groups in total. The molecule has 1 unspecified atom stereocenters. The van der Waals surface area contributed by atoms with Crippen molar-refractivity contribution in [2.75, 3.05) is 11.9 Å². The molecule has 17 heavy (non-hydrogen) atoms. The molecular weight excluding hydrogens is 216 g/mol. The Morgan fingerprint density at radius 2 is 2.18 bits per heavy atom. The largest absolute Gasteiger partial charge is 0.477 e. The lowest BCUT2D eigenvalue weighted by Crippen LogP contribution is -2.24. The van der Waals surface area contributed by atoms with Gasteiger partial charge in [0.2, 0.25) is 0 Å². The van der Waals surface area contributed by atoms with E-state index in [1.54, 1.807) is 12.1 Å². The van der Waals surface area contributed by atoms with Gasteiger partial charge < -0.3 is 10.4 Å². The van der Waals surface area contributed by atoms with Crippen molar-refractivity contribution < 1.29 is 9.90 Å². The van der Waals surface area contributed by atoms with Crippen LogP contribution in [-0.2, 0) is 0 Å². The van der Waals surface area contributed by atoms with Crippen molar-refractivity contribution in [2.45, 2.75) is 27.7 Å². The van der Waals surface area contributed by atoms with Gasteiger partial charge >= 0.3 is 5.97 Å². The first-order valence-corrected chi connectivity index (χ1v) is 5.74. The molecule has 0 fully saturated rings. The molecule has 0 aromatic carbocycles. The zero-order chi connectivity index (χ0) is 13.1. The summed E-state index contributed by atoms with van der Waals surface area (Å²) in [5.41, 5.74) is 1.10. The summed E-state index contributed by atoms with van der Waals surface area (Å²) in [7, 11) is 0. The first-order chi connectivity index (χ1) is 7.80. The monoisotopic (exact) mass is 236 g/mol. The van der Waals surface area contributed by atoms with Gasteiger partial charge in [0.1, 0.15) is 5.69 Å². The van der Waals surface area contributed by atoms with Crippen molar-refractivity contribution in [3.05, 3.63) is 24.0 Å². The number of aromatic carboxylic acids is 1. The summed E-state index contributed by atoms with van der Waals surface area (Å²) in [4.78, 5) is 14.5. The minimum absolute atomic E-state index is 0.0680. The molecule has 0 saturated carbocycles. The molecule has 1 atom stereocenters. The van der Waals surface area contributed by atoms with Crippen molar-refractivity contribution in [1.29, 1.82) is 0 Å². The Hall–Kier alpha value is -1.58. The van der Waals surface area contributed by atoms with E-state index < -0.39 is 5.97 Å². The highest BCUT2D eigenvalue weighted by molar-refractivity contribution is 5.86. The second kappa shape index (κ2) is 5.17. The summed E-state index contributed by atoms with van der Waals surface area (Å²) in [6.45, 7) is 9.55. The smallest absolute Gasteiger partial charge is 0.354 e. The van der Waals surface area contributed by atoms with E-state index in [-0.39, 0.29) is 11.1 Å². The standard InChI is InChI=1S/C13H20N2O2/c1-9(13(2,3)4)8-15-10-5-6-14-11(7-10)12(16)17/h5-7,9H,8H2,1-4H3,(H,14,15)(H,16,17). The summed E-state index contributed by atoms with van der Waals surface area (Å²) in [6.07, 6.45) is 1.51. The highest BCUT2D eigenvalue weighted by Gasteiger charge is 2.19. The molecule has 0 bridgehead atoms. The predicted molar refractivity (Wildman–Crippen MR) is 68.3 cm³/mol. The van der Waals surface area contributed by atoms with Gasteiger partial charge in [0, 0.05) is 18.4 Å². The van der Waals surface area contributed by atoms with Crippen LogP contribution in [0.2, 0.25) is 0 Å². The number of anilines is 1. The van der Waals surface area contributed by atoms with E-state index in [9.17, 15) is 4.79 Å². The average molecular weight is 236 g/mol. The molecule has 1 aromatic heterocycles. The van der Waals surface area contributed by atoms with Gasteiger partial charge in [0.25, 0.3) is 0 Å². The van der Waals surface area contributed by atoms with Gasteiger partial charge in [-0.25, -0.2) is 9.78 Å². The Morgan fingerprint density at radius 1 is 1.53 bits per heavy atom. The van der Waals surface area contributed by atoms with Crippen molar-refractivity contribution in [2.24, 2.45) is 11.3 Å². The van der Waals surface area contributed by atoms with Gasteiger partial charge in [0.15, 0.2) is 0 Å². The summed E-state index contributed by atoms with van der Waals surface area (Å²) >= 11 is 0. The van der Waals surface area contributed by atoms with E-state index >= 15 is 0 Å². The Balaban J connectivity index is 2.64. The number of hydrogen-bond acceptors (Lipinski definition) is 3. The number of nitrogens with zero attached hydrogens (tertiary/aromatic N) is 1. The molecule has 0 aliphatic rings. The Morgan fingerprint density at radius 3 is 2.71 bits per heavy atom. The fourth-order valence-corrected chi connectivity index (χ4v) is 1.23. The molecule has 4 nitrogen and oxygen atoms in total. The van der Waals surface area contributed by atoms with Crippen LogP contribution in [0.15, 0.2) is 18.3 Å². The zero-order valence-corrected chi connectivity index (χ0v) is 10.8. The Labute approximate surface area is 102 Å². The highest BCUT2D eigenvalue weighted by atomic mass is 16.4. The first-order valence-electron chi connectivity index (χ1n) is 5.74. The fourth-order valence-electron chi connectivity index (χ4n) is 1.23. The summed E-state index contributed by atoms with van der Waals surface area (Å²) < 4.78 is 0. The van der Waals surface area contributed by atoms with Crippen molar-refractivity contribution in [1.82, 2.24) is 4.98 Å². The van der Waals surface area contributed by atoms with Crippen LogP contribution in [-0.4, -0.2) is 22.6 Å². The molecule has 0 radical (unpaired) electrons. The fraction of sp³-hybridized carbons (Fsp3) is 0.538. The molecule has 0 saturated heterocycles. The van der Waals surface area contributed by atoms with Crippen LogP contribution in [0, 0.1) is 11.3 Å². The van der Waals surface area contributed by atoms with Crippen LogP contribution in [0.5, 0.6) is 0 Å². The molecule has 0 aliphatic carbocycles. The van der Waals surface area contributed by atoms with Gasteiger partial charge in [-0.3, -0.25) is 0 Å². The predicted octanol–water partition coefficient (Wildman–Crippen LogP) is 2.87. The second-order valence-corrected chi connectivity index (χ2v) is 5.38. The number of pyridine rings is 1. The molecule has 0 spiro atoms. The summed E-state index contributed by atoms with van der Waals surface area (Å²) in [6, 6.07) is 3.33. The van der Waals surface area contributed by atoms with E-state index in [2.05, 4.69) is 38.0 Å². The molecule has 1 heterocycles. The van der Waals surface area contributed by atoms with Crippen molar-refractivity contribution in [3.63, 3.8) is 0 Å². The topological polar surface area (TPSA) is 62.2 Å². The van der Waals surface area contributed by atoms with Gasteiger partial charge in [-0.05, 0) is 23.5 Å². The number of carboxylic acids is 1. The number of rotatable bonds is 4. The lowest BCUT2D eigenvalue weighted by molar-refractivity contribution is 0.0690. The molecule has 0 amide bonds. The SMILES string of the molecule is CC(CNc1ccnc(C(=O)O)c1)C(C)(C)C. The van der Waals surface area contributed by atoms with Crippen molar-refractivity contribution in [3.8, 4) is 0 Å². The van der Waals surface area contributed by atoms with Crippen LogP contribution in [0.4, 0.5) is 5.69 Å². The lowest BCUT2D eigenvalue weighted by Gasteiger charge is -2.27. The zero-order valence-electron chi connectivity index (χ0n) is 10.8. The number of hydrogen-bond donors (Lipinski definition) is 2. The molecule has 94 valence electrons. The quantitative estimate of drug-likeness (QED) is 0.843. The van der Waals surface area contributed by atoms with E-state index in [1.807, 2.05) is 0 Å². The molecule has 1 aromatic rings. The Bertz CT molecular complexity index is 397. The van der Waals surface area contributed by atoms with Gasteiger partial charge in [-0.1, -0.05) is 27.7 Å². The molecule has 1 rings (SSSR count). The van der Waals surface area contributed by atoms with Gasteiger partial charge in [-0.15, -0.1) is 0 Å². The third-order valence-electron chi connectivity index (χ3n) is 3.07. The molecular formula is C13H20N2O2. The van der Waals surface area contributed by atoms with E-state index in [1.165, 1.54) is 6.20 Å². The third kappa shape index (κ3) is 4.06. The number of carboxylic acid groups (broad SMARTS) is 1. The second-order valence-electron chi connectivity index (χ2n) is 5.38. The van der Waals surface area contributed by atoms with Crippen LogP contribution in [0.1, 0.15) is 38.2 Å². The third-order valence-corrected chi connectivity index (χ3v) is 3.07. The maximum atomic E-state index is 10.8. The normalized spacial score (nSPS) is 13.2. The van der Waals surface area contributed by atoms with Crippen LogP contribution < -0.4 is 5.32 Å². The number of nitrogens with one attached hydrogen (secondary N) is 1. The van der Waals surface area contributed by atoms with Gasteiger partial charge in [0.05, 0.1) is 0 Å². The minimum atomic E-state index is -1.00. The van der Waals surface area contributed by atoms with E-state index in [4.69, 9.17) is 5.11 Å². The molecule has 0 aliphatic heterocycles. The van der Waals surface area contributed by atoms with Gasteiger partial charge in [-0.2, -0.15) is 0 Å². The minimum Gasteiger partial charge on any atom is -0.477 e. The number of carbonyl (C=O) groups is 1. The number of aromatic nitrogens is 1. The average Bonchev–Trinajstić information content (AvgIpc) is 2.25. The lowest BCUT2D eigenvalue weighted by atomic mass is 9.82. The summed E-state index contributed by atoms with van der Waals surface area (Å²) in [5, 5.41) is 12.1. The maximum Gasteiger partial charge on any atom is 0.354 e. The highest BCUT2D eigenvalue weighted by Crippen LogP contribution is 2.25. The van der Waals surface area contributed by atoms with Crippen LogP contribution >= 0.6 is 0 Å². The Kier molecular flexibility index (Phi) is 4.10. The first kappa shape index (κ1) is 13.5. The van der Waals surface area contributed by atoms with Crippen LogP contribution in [0.3, 0.4) is 0 Å². The van der Waals surface area contributed by atoms with Crippen LogP contribution in [0.25, 0.3) is 0 Å². The van der Waals surface area contributed by atoms with E-state index in [0.717, 1.165) is 12.2 Å². The summed E-state index contributed by atoms with van der Waals surface area (Å²) in [5.74, 6) is -0.513. The molecule has 4 heteroatoms. The van der Waals surface area contributed by atoms with E-state index in [0.29, 0.717) is 5.92 Å².